The van der Waals surface area contributed by atoms with E-state index in [4.69, 9.17) is 22.1 Å². The predicted octanol–water partition coefficient (Wildman–Crippen LogP) is 4.43. The molecule has 0 aliphatic carbocycles. The van der Waals surface area contributed by atoms with E-state index in [1.54, 1.807) is 7.11 Å². The molecule has 1 N–H and O–H groups in total. The Hall–Kier alpha value is -2.64. The van der Waals surface area contributed by atoms with Crippen LogP contribution < -0.4 is 4.74 Å². The second-order valence-corrected chi connectivity index (χ2v) is 7.86. The number of carbonyl (C=O) groups excluding carboxylic acids is 1. The van der Waals surface area contributed by atoms with Gasteiger partial charge in [-0.15, -0.1) is 0 Å². The van der Waals surface area contributed by atoms with Crippen molar-refractivity contribution in [2.24, 2.45) is 0 Å². The molecule has 2 aromatic rings. The lowest BCUT2D eigenvalue weighted by Crippen LogP contribution is -2.29. The van der Waals surface area contributed by atoms with Gasteiger partial charge in [0.2, 0.25) is 0 Å². The summed E-state index contributed by atoms with van der Waals surface area (Å²) >= 11 is 6.53. The van der Waals surface area contributed by atoms with Crippen LogP contribution in [0.5, 0.6) is 5.75 Å². The predicted molar refractivity (Wildman–Crippen MR) is 115 cm³/mol. The number of carboxylic acids is 1. The van der Waals surface area contributed by atoms with Crippen LogP contribution in [0, 0.1) is 0 Å². The molecule has 5 nitrogen and oxygen atoms in total. The molecule has 1 aliphatic heterocycles. The number of hydrogen-bond acceptors (Lipinski definition) is 5. The van der Waals surface area contributed by atoms with Crippen molar-refractivity contribution >= 4 is 46.3 Å². The standard InChI is InChI=1S/C21H19NO4S2/c1-26-17-8-3-7-16(13-17)15-6-2-5-14(11-15)12-18-20(25)22(21(27)28-18)10-4-9-19(23)24/h2-3,5-8,11-13H,4,9-10H2,1H3,(H,23,24). The highest BCUT2D eigenvalue weighted by molar-refractivity contribution is 8.26. The number of amides is 1. The fourth-order valence-corrected chi connectivity index (χ4v) is 4.15. The van der Waals surface area contributed by atoms with Crippen molar-refractivity contribution in [3.63, 3.8) is 0 Å². The second-order valence-electron chi connectivity index (χ2n) is 6.19. The van der Waals surface area contributed by atoms with Crippen LogP contribution in [0.25, 0.3) is 17.2 Å². The van der Waals surface area contributed by atoms with Crippen LogP contribution in [0.2, 0.25) is 0 Å². The van der Waals surface area contributed by atoms with Gasteiger partial charge in [0.15, 0.2) is 0 Å². The number of carbonyl (C=O) groups is 2. The van der Waals surface area contributed by atoms with E-state index in [2.05, 4.69) is 0 Å². The number of methoxy groups -OCH3 is 1. The summed E-state index contributed by atoms with van der Waals surface area (Å²) in [4.78, 5) is 25.3. The molecule has 28 heavy (non-hydrogen) atoms. The molecule has 1 saturated heterocycles. The maximum atomic E-state index is 12.6. The normalized spacial score (nSPS) is 15.3. The van der Waals surface area contributed by atoms with Gasteiger partial charge in [-0.25, -0.2) is 0 Å². The van der Waals surface area contributed by atoms with E-state index in [1.165, 1.54) is 16.7 Å². The SMILES string of the molecule is COc1cccc(-c2cccc(C=C3SC(=S)N(CCCC(=O)O)C3=O)c2)c1. The van der Waals surface area contributed by atoms with E-state index < -0.39 is 5.97 Å². The molecule has 0 unspecified atom stereocenters. The largest absolute Gasteiger partial charge is 0.497 e. The molecule has 3 rings (SSSR count). The Morgan fingerprint density at radius 1 is 1.21 bits per heavy atom. The van der Waals surface area contributed by atoms with Gasteiger partial charge in [-0.05, 0) is 47.4 Å². The number of aliphatic carboxylic acids is 1. The molecule has 1 amide bonds. The first-order valence-electron chi connectivity index (χ1n) is 8.69. The summed E-state index contributed by atoms with van der Waals surface area (Å²) < 4.78 is 5.75. The van der Waals surface area contributed by atoms with E-state index in [-0.39, 0.29) is 12.3 Å². The van der Waals surface area contributed by atoms with Crippen LogP contribution >= 0.6 is 24.0 Å². The van der Waals surface area contributed by atoms with Crippen molar-refractivity contribution in [3.8, 4) is 16.9 Å². The zero-order valence-electron chi connectivity index (χ0n) is 15.3. The molecule has 0 spiro atoms. The maximum Gasteiger partial charge on any atom is 0.303 e. The van der Waals surface area contributed by atoms with E-state index in [0.29, 0.717) is 22.2 Å². The molecular weight excluding hydrogens is 394 g/mol. The smallest absolute Gasteiger partial charge is 0.303 e. The lowest BCUT2D eigenvalue weighted by atomic mass is 10.0. The van der Waals surface area contributed by atoms with Crippen molar-refractivity contribution in [1.82, 2.24) is 4.90 Å². The highest BCUT2D eigenvalue weighted by Crippen LogP contribution is 2.33. The minimum atomic E-state index is -0.879. The molecule has 0 aromatic heterocycles. The van der Waals surface area contributed by atoms with E-state index in [0.717, 1.165) is 22.4 Å². The van der Waals surface area contributed by atoms with Gasteiger partial charge in [0.1, 0.15) is 10.1 Å². The number of hydrogen-bond donors (Lipinski definition) is 1. The van der Waals surface area contributed by atoms with Gasteiger partial charge >= 0.3 is 5.97 Å². The van der Waals surface area contributed by atoms with Gasteiger partial charge in [-0.1, -0.05) is 54.3 Å². The summed E-state index contributed by atoms with van der Waals surface area (Å²) in [5.74, 6) is -0.271. The number of thioether (sulfide) groups is 1. The number of ether oxygens (including phenoxy) is 1. The van der Waals surface area contributed by atoms with Gasteiger partial charge in [0.05, 0.1) is 12.0 Å². The summed E-state index contributed by atoms with van der Waals surface area (Å²) in [6.45, 7) is 0.318. The summed E-state index contributed by atoms with van der Waals surface area (Å²) in [7, 11) is 1.63. The summed E-state index contributed by atoms with van der Waals surface area (Å²) in [5, 5.41) is 8.76. The number of nitrogens with zero attached hydrogens (tertiary/aromatic N) is 1. The minimum absolute atomic E-state index is 0.0126. The van der Waals surface area contributed by atoms with E-state index in [9.17, 15) is 9.59 Å². The van der Waals surface area contributed by atoms with Gasteiger partial charge in [0.25, 0.3) is 5.91 Å². The molecule has 0 saturated carbocycles. The van der Waals surface area contributed by atoms with Crippen LogP contribution in [0.4, 0.5) is 0 Å². The van der Waals surface area contributed by atoms with Crippen molar-refractivity contribution in [2.45, 2.75) is 12.8 Å². The van der Waals surface area contributed by atoms with Gasteiger partial charge in [0, 0.05) is 13.0 Å². The molecule has 7 heteroatoms. The third kappa shape index (κ3) is 4.79. The first-order valence-corrected chi connectivity index (χ1v) is 9.92. The Balaban J connectivity index is 1.79. The lowest BCUT2D eigenvalue weighted by molar-refractivity contribution is -0.137. The zero-order chi connectivity index (χ0) is 20.1. The number of thiocarbonyl (C=S) groups is 1. The number of benzene rings is 2. The molecule has 1 aliphatic rings. The average Bonchev–Trinajstić information content (AvgIpc) is 2.95. The summed E-state index contributed by atoms with van der Waals surface area (Å²) in [6, 6.07) is 15.7. The fraction of sp³-hybridized carbons (Fsp3) is 0.190. The molecular formula is C21H19NO4S2. The topological polar surface area (TPSA) is 66.8 Å². The lowest BCUT2D eigenvalue weighted by Gasteiger charge is -2.13. The Labute approximate surface area is 173 Å². The van der Waals surface area contributed by atoms with Crippen LogP contribution in [0.15, 0.2) is 53.4 Å². The monoisotopic (exact) mass is 413 g/mol. The fourth-order valence-electron chi connectivity index (χ4n) is 2.84. The Kier molecular flexibility index (Phi) is 6.49. The second kappa shape index (κ2) is 9.03. The van der Waals surface area contributed by atoms with Gasteiger partial charge in [-0.2, -0.15) is 0 Å². The zero-order valence-corrected chi connectivity index (χ0v) is 16.9. The van der Waals surface area contributed by atoms with Crippen LogP contribution in [0.3, 0.4) is 0 Å². The van der Waals surface area contributed by atoms with E-state index in [1.807, 2.05) is 54.6 Å². The molecule has 144 valence electrons. The molecule has 1 heterocycles. The van der Waals surface area contributed by atoms with E-state index >= 15 is 0 Å². The third-order valence-electron chi connectivity index (χ3n) is 4.23. The minimum Gasteiger partial charge on any atom is -0.497 e. The maximum absolute atomic E-state index is 12.6. The third-order valence-corrected chi connectivity index (χ3v) is 5.61. The van der Waals surface area contributed by atoms with Gasteiger partial charge in [-0.3, -0.25) is 14.5 Å². The van der Waals surface area contributed by atoms with Crippen molar-refractivity contribution in [2.75, 3.05) is 13.7 Å². The summed E-state index contributed by atoms with van der Waals surface area (Å²) in [6.07, 6.45) is 2.21. The Morgan fingerprint density at radius 3 is 2.64 bits per heavy atom. The Bertz CT molecular complexity index is 955. The molecule has 2 aromatic carbocycles. The molecule has 0 bridgehead atoms. The Morgan fingerprint density at radius 2 is 1.93 bits per heavy atom. The summed E-state index contributed by atoms with van der Waals surface area (Å²) in [5.41, 5.74) is 2.94. The van der Waals surface area contributed by atoms with Crippen LogP contribution in [-0.2, 0) is 9.59 Å². The van der Waals surface area contributed by atoms with Crippen molar-refractivity contribution < 1.29 is 19.4 Å². The van der Waals surface area contributed by atoms with Crippen LogP contribution in [-0.4, -0.2) is 39.9 Å². The number of rotatable bonds is 7. The highest BCUT2D eigenvalue weighted by Gasteiger charge is 2.31. The average molecular weight is 414 g/mol. The first-order chi connectivity index (χ1) is 13.5. The quantitative estimate of drug-likeness (QED) is 0.535. The molecule has 0 radical (unpaired) electrons. The molecule has 1 fully saturated rings. The molecule has 0 atom stereocenters. The number of carboxylic acid groups (broad SMARTS) is 1. The van der Waals surface area contributed by atoms with Crippen LogP contribution in [0.1, 0.15) is 18.4 Å². The van der Waals surface area contributed by atoms with Crippen molar-refractivity contribution in [1.29, 1.82) is 0 Å². The first kappa shape index (κ1) is 20.1. The highest BCUT2D eigenvalue weighted by atomic mass is 32.2. The van der Waals surface area contributed by atoms with Crippen molar-refractivity contribution in [3.05, 3.63) is 59.0 Å². The van der Waals surface area contributed by atoms with Gasteiger partial charge < -0.3 is 9.84 Å².